The second-order valence-corrected chi connectivity index (χ2v) is 11.0. The average molecular weight is 528 g/mol. The van der Waals surface area contributed by atoms with Crippen molar-refractivity contribution in [2.24, 2.45) is 5.92 Å². The first kappa shape index (κ1) is 27.1. The summed E-state index contributed by atoms with van der Waals surface area (Å²) in [5.41, 5.74) is 4.53. The third-order valence-electron chi connectivity index (χ3n) is 8.31. The molecule has 206 valence electrons. The van der Waals surface area contributed by atoms with Crippen LogP contribution in [-0.2, 0) is 6.42 Å². The third kappa shape index (κ3) is 5.07. The van der Waals surface area contributed by atoms with Crippen LogP contribution >= 0.6 is 0 Å². The number of fused-ring (bicyclic) bond motifs is 3. The van der Waals surface area contributed by atoms with Gasteiger partial charge in [0.15, 0.2) is 0 Å². The zero-order valence-electron chi connectivity index (χ0n) is 22.5. The molecule has 2 aliphatic heterocycles. The highest BCUT2D eigenvalue weighted by atomic mass is 19.3. The van der Waals surface area contributed by atoms with Gasteiger partial charge in [-0.15, -0.1) is 0 Å². The number of para-hydroxylation sites is 1. The van der Waals surface area contributed by atoms with E-state index in [0.717, 1.165) is 65.8 Å². The molecule has 5 rings (SSSR count). The maximum Gasteiger partial charge on any atom is 0.283 e. The number of nitrogens with zero attached hydrogens (tertiary/aromatic N) is 2. The molecule has 8 heteroatoms. The molecule has 0 unspecified atom stereocenters. The number of nitrogens with one attached hydrogen (secondary N) is 1. The van der Waals surface area contributed by atoms with Crippen molar-refractivity contribution in [3.8, 4) is 5.75 Å². The van der Waals surface area contributed by atoms with Crippen LogP contribution < -0.4 is 4.74 Å². The van der Waals surface area contributed by atoms with Gasteiger partial charge in [-0.25, -0.2) is 8.78 Å². The largest absolute Gasteiger partial charge is 0.496 e. The Labute approximate surface area is 223 Å². The minimum atomic E-state index is -3.23. The summed E-state index contributed by atoms with van der Waals surface area (Å²) >= 11 is 0. The van der Waals surface area contributed by atoms with E-state index in [4.69, 9.17) is 4.74 Å². The lowest BCUT2D eigenvalue weighted by atomic mass is 9.85. The summed E-state index contributed by atoms with van der Waals surface area (Å²) in [6.07, 6.45) is 2.28. The van der Waals surface area contributed by atoms with Crippen molar-refractivity contribution in [2.75, 3.05) is 39.9 Å². The van der Waals surface area contributed by atoms with Crippen molar-refractivity contribution >= 4 is 10.9 Å². The molecule has 0 radical (unpaired) electrons. The molecule has 3 aromatic rings. The Bertz CT molecular complexity index is 1260. The second-order valence-electron chi connectivity index (χ2n) is 11.0. The molecule has 1 saturated heterocycles. The van der Waals surface area contributed by atoms with Crippen LogP contribution in [0.25, 0.3) is 10.9 Å². The number of likely N-dealkylation sites (tertiary alicyclic amines) is 1. The van der Waals surface area contributed by atoms with Crippen molar-refractivity contribution in [2.45, 2.75) is 57.2 Å². The summed E-state index contributed by atoms with van der Waals surface area (Å²) in [5, 5.41) is 21.6. The number of ether oxygens (including phenoxy) is 1. The normalized spacial score (nSPS) is 21.9. The molecule has 2 aromatic carbocycles. The van der Waals surface area contributed by atoms with E-state index in [9.17, 15) is 19.0 Å². The number of aliphatic hydroxyl groups excluding tert-OH is 2. The predicted octanol–water partition coefficient (Wildman–Crippen LogP) is 4.91. The van der Waals surface area contributed by atoms with E-state index in [2.05, 4.69) is 22.9 Å². The third-order valence-corrected chi connectivity index (χ3v) is 8.31. The number of aliphatic hydroxyl groups is 2. The fourth-order valence-corrected chi connectivity index (χ4v) is 6.20. The number of halogens is 2. The van der Waals surface area contributed by atoms with Crippen molar-refractivity contribution in [3.63, 3.8) is 0 Å². The lowest BCUT2D eigenvalue weighted by molar-refractivity contribution is -0.0864. The molecular formula is C30H39F2N3O3. The van der Waals surface area contributed by atoms with Crippen molar-refractivity contribution in [1.82, 2.24) is 14.8 Å². The van der Waals surface area contributed by atoms with Crippen molar-refractivity contribution in [3.05, 3.63) is 64.8 Å². The van der Waals surface area contributed by atoms with Crippen molar-refractivity contribution < 1.29 is 23.7 Å². The van der Waals surface area contributed by atoms with E-state index in [1.807, 2.05) is 43.3 Å². The van der Waals surface area contributed by atoms with Gasteiger partial charge in [0.05, 0.1) is 25.8 Å². The molecule has 0 amide bonds. The molecule has 2 aliphatic rings. The number of hydrogen-bond donors (Lipinski definition) is 3. The van der Waals surface area contributed by atoms with Crippen LogP contribution in [0, 0.1) is 5.92 Å². The highest BCUT2D eigenvalue weighted by Gasteiger charge is 2.42. The zero-order valence-corrected chi connectivity index (χ0v) is 22.5. The van der Waals surface area contributed by atoms with Gasteiger partial charge in [0.1, 0.15) is 12.4 Å². The van der Waals surface area contributed by atoms with E-state index < -0.39 is 31.2 Å². The summed E-state index contributed by atoms with van der Waals surface area (Å²) in [5.74, 6) is -2.53. The Morgan fingerprint density at radius 2 is 1.95 bits per heavy atom. The van der Waals surface area contributed by atoms with Crippen LogP contribution in [0.1, 0.15) is 61.2 Å². The topological polar surface area (TPSA) is 72.0 Å². The first-order valence-corrected chi connectivity index (χ1v) is 13.7. The van der Waals surface area contributed by atoms with Gasteiger partial charge in [-0.05, 0) is 49.6 Å². The Hall–Kier alpha value is -2.52. The fraction of sp³-hybridized carbons (Fsp3) is 0.533. The predicted molar refractivity (Wildman–Crippen MR) is 145 cm³/mol. The first-order valence-electron chi connectivity index (χ1n) is 13.7. The van der Waals surface area contributed by atoms with E-state index in [1.165, 1.54) is 0 Å². The number of aromatic amines is 1. The van der Waals surface area contributed by atoms with Crippen LogP contribution in [0.4, 0.5) is 8.78 Å². The molecule has 0 saturated carbocycles. The molecule has 38 heavy (non-hydrogen) atoms. The summed E-state index contributed by atoms with van der Waals surface area (Å²) in [7, 11) is 1.58. The molecular weight excluding hydrogens is 488 g/mol. The number of alkyl halides is 2. The van der Waals surface area contributed by atoms with Crippen LogP contribution in [0.3, 0.4) is 0 Å². The molecule has 0 aliphatic carbocycles. The van der Waals surface area contributed by atoms with E-state index in [1.54, 1.807) is 12.0 Å². The molecule has 3 atom stereocenters. The highest BCUT2D eigenvalue weighted by molar-refractivity contribution is 5.85. The molecule has 6 nitrogen and oxygen atoms in total. The van der Waals surface area contributed by atoms with E-state index in [-0.39, 0.29) is 12.0 Å². The lowest BCUT2D eigenvalue weighted by Gasteiger charge is -2.43. The minimum absolute atomic E-state index is 0.140. The summed E-state index contributed by atoms with van der Waals surface area (Å²) < 4.78 is 34.9. The SMILES string of the molecule is CCCCN1CC([C@H](O)c2ccc([C@@H]3c4[nH]c5ccccc5c4C[C@@H](C)N3CC(F)(F)CO)cc2OC)C1. The van der Waals surface area contributed by atoms with Gasteiger partial charge in [-0.1, -0.05) is 43.7 Å². The molecule has 3 N–H and O–H groups in total. The summed E-state index contributed by atoms with van der Waals surface area (Å²) in [4.78, 5) is 7.64. The molecule has 0 bridgehead atoms. The Balaban J connectivity index is 1.51. The van der Waals surface area contributed by atoms with Crippen molar-refractivity contribution in [1.29, 1.82) is 0 Å². The lowest BCUT2D eigenvalue weighted by Crippen LogP contribution is -2.49. The zero-order chi connectivity index (χ0) is 27.0. The van der Waals surface area contributed by atoms with Gasteiger partial charge in [0.25, 0.3) is 5.92 Å². The number of benzene rings is 2. The van der Waals surface area contributed by atoms with Gasteiger partial charge >= 0.3 is 0 Å². The first-order chi connectivity index (χ1) is 18.3. The maximum atomic E-state index is 14.6. The fourth-order valence-electron chi connectivity index (χ4n) is 6.20. The summed E-state index contributed by atoms with van der Waals surface area (Å²) in [6.45, 7) is 5.14. The summed E-state index contributed by atoms with van der Waals surface area (Å²) in [6, 6.07) is 13.1. The molecule has 3 heterocycles. The minimum Gasteiger partial charge on any atom is -0.496 e. The molecule has 0 spiro atoms. The average Bonchev–Trinajstić information content (AvgIpc) is 3.25. The highest BCUT2D eigenvalue weighted by Crippen LogP contribution is 2.44. The Morgan fingerprint density at radius 3 is 2.66 bits per heavy atom. The van der Waals surface area contributed by atoms with Gasteiger partial charge in [0, 0.05) is 47.2 Å². The van der Waals surface area contributed by atoms with Crippen LogP contribution in [0.5, 0.6) is 5.75 Å². The van der Waals surface area contributed by atoms with Gasteiger partial charge in [-0.2, -0.15) is 0 Å². The number of methoxy groups -OCH3 is 1. The quantitative estimate of drug-likeness (QED) is 0.350. The number of unbranched alkanes of at least 4 members (excludes halogenated alkanes) is 1. The number of hydrogen-bond acceptors (Lipinski definition) is 5. The Morgan fingerprint density at radius 1 is 1.18 bits per heavy atom. The smallest absolute Gasteiger partial charge is 0.283 e. The van der Waals surface area contributed by atoms with Gasteiger partial charge < -0.3 is 24.8 Å². The van der Waals surface area contributed by atoms with Crippen LogP contribution in [0.2, 0.25) is 0 Å². The van der Waals surface area contributed by atoms with Crippen LogP contribution in [-0.4, -0.2) is 76.9 Å². The molecule has 1 fully saturated rings. The Kier molecular flexibility index (Phi) is 7.78. The second kappa shape index (κ2) is 10.9. The van der Waals surface area contributed by atoms with E-state index in [0.29, 0.717) is 12.2 Å². The van der Waals surface area contributed by atoms with E-state index >= 15 is 0 Å². The number of aromatic nitrogens is 1. The monoisotopic (exact) mass is 527 g/mol. The van der Waals surface area contributed by atoms with Gasteiger partial charge in [0.2, 0.25) is 0 Å². The number of H-pyrrole nitrogens is 1. The number of rotatable bonds is 10. The van der Waals surface area contributed by atoms with Crippen LogP contribution in [0.15, 0.2) is 42.5 Å². The standard InChI is InChI=1S/C30H39F2N3O3/c1-4-5-12-34-15-21(16-34)29(37)23-11-10-20(14-26(23)38-3)28-27-24(22-8-6-7-9-25(22)33-27)13-19(2)35(28)17-30(31,32)18-36/h6-11,14,19,21,28-29,33,36-37H,4-5,12-13,15-18H2,1-3H3/t19-,28-,29+/m1/s1. The molecule has 1 aromatic heterocycles. The maximum absolute atomic E-state index is 14.6. The van der Waals surface area contributed by atoms with Gasteiger partial charge in [-0.3, -0.25) is 4.90 Å².